The van der Waals surface area contributed by atoms with Crippen molar-refractivity contribution in [2.75, 3.05) is 5.32 Å². The Kier molecular flexibility index (Phi) is 3.40. The normalized spacial score (nSPS) is 11.4. The van der Waals surface area contributed by atoms with Crippen molar-refractivity contribution in [1.29, 1.82) is 0 Å². The van der Waals surface area contributed by atoms with Gasteiger partial charge >= 0.3 is 0 Å². The third kappa shape index (κ3) is 3.31. The number of alkyl halides is 3. The second-order valence-electron chi connectivity index (χ2n) is 2.28. The average molecular weight is 260 g/mol. The summed E-state index contributed by atoms with van der Waals surface area (Å²) in [4.78, 5) is 11.1. The lowest BCUT2D eigenvalue weighted by Crippen LogP contribution is -2.26. The molecule has 3 nitrogen and oxygen atoms in total. The molecule has 0 saturated carbocycles. The molecular formula is C6H5Cl3N2OS. The van der Waals surface area contributed by atoms with Gasteiger partial charge < -0.3 is 5.32 Å². The molecule has 0 unspecified atom stereocenters. The highest BCUT2D eigenvalue weighted by Crippen LogP contribution is 2.28. The van der Waals surface area contributed by atoms with Gasteiger partial charge in [0.05, 0.1) is 5.69 Å². The first-order valence-electron chi connectivity index (χ1n) is 3.21. The summed E-state index contributed by atoms with van der Waals surface area (Å²) < 4.78 is 2.02. The van der Waals surface area contributed by atoms with Gasteiger partial charge in [0.2, 0.25) is 0 Å². The molecule has 0 aliphatic rings. The number of nitrogens with zero attached hydrogens (tertiary/aromatic N) is 1. The molecule has 0 fully saturated rings. The van der Waals surface area contributed by atoms with E-state index in [1.165, 1.54) is 0 Å². The molecule has 0 atom stereocenters. The standard InChI is InChI=1S/C6H5Cl3N2OS/c1-3-2-4(13-11-3)10-5(12)6(7,8)9/h2H,1H3,(H,10,12). The molecule has 1 amide bonds. The largest absolute Gasteiger partial charge is 0.313 e. The molecule has 1 aromatic heterocycles. The van der Waals surface area contributed by atoms with Crippen LogP contribution in [0.4, 0.5) is 5.00 Å². The van der Waals surface area contributed by atoms with Gasteiger partial charge in [-0.05, 0) is 24.5 Å². The Hall–Kier alpha value is -0.0300. The van der Waals surface area contributed by atoms with Gasteiger partial charge in [0, 0.05) is 0 Å². The molecule has 1 heterocycles. The number of carbonyl (C=O) groups excluding carboxylic acids is 1. The molecule has 0 spiro atoms. The summed E-state index contributed by atoms with van der Waals surface area (Å²) in [6.45, 7) is 1.81. The monoisotopic (exact) mass is 258 g/mol. The van der Waals surface area contributed by atoms with Gasteiger partial charge in [-0.1, -0.05) is 34.8 Å². The van der Waals surface area contributed by atoms with E-state index in [4.69, 9.17) is 34.8 Å². The van der Waals surface area contributed by atoms with Crippen LogP contribution >= 0.6 is 46.3 Å². The molecule has 0 aliphatic carbocycles. The van der Waals surface area contributed by atoms with E-state index in [1.807, 2.05) is 6.92 Å². The minimum absolute atomic E-state index is 0.564. The van der Waals surface area contributed by atoms with Gasteiger partial charge in [-0.3, -0.25) is 4.79 Å². The van der Waals surface area contributed by atoms with Crippen LogP contribution in [-0.4, -0.2) is 14.1 Å². The first kappa shape index (κ1) is 11.0. The number of hydrogen-bond donors (Lipinski definition) is 1. The Morgan fingerprint density at radius 3 is 2.62 bits per heavy atom. The number of anilines is 1. The Morgan fingerprint density at radius 1 is 1.62 bits per heavy atom. The van der Waals surface area contributed by atoms with E-state index in [0.29, 0.717) is 5.00 Å². The molecule has 0 aliphatic heterocycles. The maximum Gasteiger partial charge on any atom is 0.277 e. The van der Waals surface area contributed by atoms with Crippen molar-refractivity contribution in [3.8, 4) is 0 Å². The van der Waals surface area contributed by atoms with Gasteiger partial charge in [0.15, 0.2) is 0 Å². The topological polar surface area (TPSA) is 42.0 Å². The van der Waals surface area contributed by atoms with Crippen LogP contribution in [0.1, 0.15) is 5.69 Å². The smallest absolute Gasteiger partial charge is 0.277 e. The highest BCUT2D eigenvalue weighted by atomic mass is 35.6. The molecule has 72 valence electrons. The lowest BCUT2D eigenvalue weighted by molar-refractivity contribution is -0.115. The van der Waals surface area contributed by atoms with Crippen LogP contribution in [0.5, 0.6) is 0 Å². The van der Waals surface area contributed by atoms with Crippen molar-refractivity contribution >= 4 is 57.2 Å². The summed E-state index contributed by atoms with van der Waals surface area (Å²) in [6.07, 6.45) is 0. The van der Waals surface area contributed by atoms with Crippen molar-refractivity contribution in [3.63, 3.8) is 0 Å². The first-order valence-corrected chi connectivity index (χ1v) is 5.12. The van der Waals surface area contributed by atoms with Crippen molar-refractivity contribution in [2.24, 2.45) is 0 Å². The number of nitrogens with one attached hydrogen (secondary N) is 1. The zero-order valence-corrected chi connectivity index (χ0v) is 9.56. The number of rotatable bonds is 1. The van der Waals surface area contributed by atoms with E-state index in [-0.39, 0.29) is 0 Å². The lowest BCUT2D eigenvalue weighted by atomic mass is 10.5. The number of carbonyl (C=O) groups is 1. The van der Waals surface area contributed by atoms with Crippen LogP contribution in [0, 0.1) is 6.92 Å². The molecule has 0 bridgehead atoms. The maximum atomic E-state index is 11.1. The zero-order valence-electron chi connectivity index (χ0n) is 6.47. The van der Waals surface area contributed by atoms with Crippen LogP contribution in [0.2, 0.25) is 0 Å². The summed E-state index contributed by atoms with van der Waals surface area (Å²) in [5, 5.41) is 2.99. The van der Waals surface area contributed by atoms with Crippen molar-refractivity contribution in [2.45, 2.75) is 10.7 Å². The lowest BCUT2D eigenvalue weighted by Gasteiger charge is -2.08. The van der Waals surface area contributed by atoms with Crippen LogP contribution in [0.15, 0.2) is 6.07 Å². The van der Waals surface area contributed by atoms with Crippen LogP contribution in [0.3, 0.4) is 0 Å². The molecular weight excluding hydrogens is 255 g/mol. The summed E-state index contributed by atoms with van der Waals surface area (Å²) >= 11 is 17.2. The van der Waals surface area contributed by atoms with Crippen LogP contribution in [0.25, 0.3) is 0 Å². The van der Waals surface area contributed by atoms with Crippen molar-refractivity contribution < 1.29 is 4.79 Å². The second-order valence-corrected chi connectivity index (χ2v) is 5.37. The Bertz CT molecular complexity index is 320. The van der Waals surface area contributed by atoms with Crippen LogP contribution in [-0.2, 0) is 4.79 Å². The average Bonchev–Trinajstić information content (AvgIpc) is 2.33. The molecule has 1 rings (SSSR count). The second kappa shape index (κ2) is 4.00. The first-order chi connectivity index (χ1) is 5.89. The van der Waals surface area contributed by atoms with Crippen LogP contribution < -0.4 is 5.32 Å². The molecule has 13 heavy (non-hydrogen) atoms. The van der Waals surface area contributed by atoms with E-state index >= 15 is 0 Å². The quantitative estimate of drug-likeness (QED) is 0.788. The molecule has 0 radical (unpaired) electrons. The number of halogens is 3. The Labute approximate surface area is 94.1 Å². The summed E-state index contributed by atoms with van der Waals surface area (Å²) in [6, 6.07) is 1.69. The molecule has 1 aromatic rings. The van der Waals surface area contributed by atoms with Gasteiger partial charge in [-0.15, -0.1) is 0 Å². The highest BCUT2D eigenvalue weighted by Gasteiger charge is 2.30. The molecule has 7 heteroatoms. The number of aryl methyl sites for hydroxylation is 1. The molecule has 1 N–H and O–H groups in total. The number of amides is 1. The molecule has 0 aromatic carbocycles. The summed E-state index contributed by atoms with van der Waals surface area (Å²) in [5.74, 6) is -0.679. The SMILES string of the molecule is Cc1cc(NC(=O)C(Cl)(Cl)Cl)sn1. The van der Waals surface area contributed by atoms with E-state index in [2.05, 4.69) is 9.69 Å². The van der Waals surface area contributed by atoms with E-state index in [1.54, 1.807) is 6.07 Å². The van der Waals surface area contributed by atoms with E-state index < -0.39 is 9.70 Å². The fourth-order valence-electron chi connectivity index (χ4n) is 0.605. The summed E-state index contributed by atoms with van der Waals surface area (Å²) in [5.41, 5.74) is 0.810. The van der Waals surface area contributed by atoms with E-state index in [9.17, 15) is 4.79 Å². The van der Waals surface area contributed by atoms with Gasteiger partial charge in [0.1, 0.15) is 5.00 Å². The predicted molar refractivity (Wildman–Crippen MR) is 55.8 cm³/mol. The number of hydrogen-bond acceptors (Lipinski definition) is 3. The van der Waals surface area contributed by atoms with E-state index in [0.717, 1.165) is 17.2 Å². The third-order valence-corrected chi connectivity index (χ3v) is 2.43. The maximum absolute atomic E-state index is 11.1. The molecule has 0 saturated heterocycles. The van der Waals surface area contributed by atoms with Gasteiger partial charge in [0.25, 0.3) is 9.70 Å². The highest BCUT2D eigenvalue weighted by molar-refractivity contribution is 7.10. The fourth-order valence-corrected chi connectivity index (χ4v) is 1.40. The van der Waals surface area contributed by atoms with Gasteiger partial charge in [-0.2, -0.15) is 4.37 Å². The summed E-state index contributed by atoms with van der Waals surface area (Å²) in [7, 11) is 0. The fraction of sp³-hybridized carbons (Fsp3) is 0.333. The predicted octanol–water partition coefficient (Wildman–Crippen LogP) is 2.76. The van der Waals surface area contributed by atoms with Crippen molar-refractivity contribution in [1.82, 2.24) is 4.37 Å². The minimum Gasteiger partial charge on any atom is -0.313 e. The minimum atomic E-state index is -1.93. The zero-order chi connectivity index (χ0) is 10.1. The Morgan fingerprint density at radius 2 is 2.23 bits per heavy atom. The number of aromatic nitrogens is 1. The van der Waals surface area contributed by atoms with Gasteiger partial charge in [-0.25, -0.2) is 0 Å². The van der Waals surface area contributed by atoms with Crippen molar-refractivity contribution in [3.05, 3.63) is 11.8 Å². The Balaban J connectivity index is 2.65. The third-order valence-electron chi connectivity index (χ3n) is 1.12.